The summed E-state index contributed by atoms with van der Waals surface area (Å²) in [5, 5.41) is 16.7. The summed E-state index contributed by atoms with van der Waals surface area (Å²) in [5.41, 5.74) is 2.00. The molecule has 0 unspecified atom stereocenters. The Labute approximate surface area is 149 Å². The van der Waals surface area contributed by atoms with Gasteiger partial charge >= 0.3 is 6.03 Å². The van der Waals surface area contributed by atoms with Crippen LogP contribution in [-0.4, -0.2) is 24.0 Å². The minimum Gasteiger partial charge on any atom is -0.370 e. The maximum absolute atomic E-state index is 12.3. The van der Waals surface area contributed by atoms with E-state index in [9.17, 15) is 14.9 Å². The second-order valence-electron chi connectivity index (χ2n) is 5.74. The largest absolute Gasteiger partial charge is 0.370 e. The summed E-state index contributed by atoms with van der Waals surface area (Å²) in [6.07, 6.45) is 2.24. The van der Waals surface area contributed by atoms with Gasteiger partial charge in [-0.25, -0.2) is 4.79 Å². The lowest BCUT2D eigenvalue weighted by molar-refractivity contribution is -0.384. The van der Waals surface area contributed by atoms with E-state index >= 15 is 0 Å². The topological polar surface area (TPSA) is 87.5 Å². The Morgan fingerprint density at radius 1 is 1.08 bits per heavy atom. The van der Waals surface area contributed by atoms with Crippen LogP contribution in [0.3, 0.4) is 0 Å². The number of nitro benzene ring substituents is 1. The lowest BCUT2D eigenvalue weighted by Crippen LogP contribution is -2.23. The zero-order valence-electron chi connectivity index (χ0n) is 13.4. The molecule has 0 radical (unpaired) electrons. The molecular weight excluding hydrogens is 344 g/mol. The van der Waals surface area contributed by atoms with Crippen molar-refractivity contribution < 1.29 is 9.72 Å². The van der Waals surface area contributed by atoms with E-state index in [1.807, 2.05) is 6.07 Å². The summed E-state index contributed by atoms with van der Waals surface area (Å²) >= 11 is 6.06. The summed E-state index contributed by atoms with van der Waals surface area (Å²) < 4.78 is 0. The van der Waals surface area contributed by atoms with Crippen molar-refractivity contribution in [1.82, 2.24) is 0 Å². The number of halogens is 1. The predicted octanol–water partition coefficient (Wildman–Crippen LogP) is 4.49. The highest BCUT2D eigenvalue weighted by molar-refractivity contribution is 6.31. The van der Waals surface area contributed by atoms with Crippen molar-refractivity contribution in [3.05, 3.63) is 57.6 Å². The quantitative estimate of drug-likeness (QED) is 0.621. The average molecular weight is 361 g/mol. The first-order chi connectivity index (χ1) is 12.0. The number of hydrogen-bond donors (Lipinski definition) is 2. The summed E-state index contributed by atoms with van der Waals surface area (Å²) in [6, 6.07) is 10.6. The monoisotopic (exact) mass is 360 g/mol. The molecule has 0 aromatic heterocycles. The molecule has 1 aliphatic rings. The van der Waals surface area contributed by atoms with Crippen LogP contribution < -0.4 is 15.5 Å². The van der Waals surface area contributed by atoms with Crippen molar-refractivity contribution in [3.8, 4) is 0 Å². The van der Waals surface area contributed by atoms with E-state index in [1.165, 1.54) is 24.3 Å². The Morgan fingerprint density at radius 3 is 2.40 bits per heavy atom. The van der Waals surface area contributed by atoms with E-state index in [0.29, 0.717) is 16.4 Å². The van der Waals surface area contributed by atoms with Gasteiger partial charge in [0.25, 0.3) is 5.69 Å². The number of nitro groups is 1. The number of carbonyl (C=O) groups is 1. The Kier molecular flexibility index (Phi) is 5.04. The van der Waals surface area contributed by atoms with Gasteiger partial charge in [-0.3, -0.25) is 10.1 Å². The molecular formula is C17H17ClN4O3. The van der Waals surface area contributed by atoms with E-state index in [1.54, 1.807) is 12.1 Å². The van der Waals surface area contributed by atoms with Crippen molar-refractivity contribution in [2.24, 2.45) is 0 Å². The molecule has 1 aliphatic heterocycles. The zero-order valence-corrected chi connectivity index (χ0v) is 14.1. The molecule has 1 heterocycles. The van der Waals surface area contributed by atoms with Crippen molar-refractivity contribution in [3.63, 3.8) is 0 Å². The number of anilines is 3. The van der Waals surface area contributed by atoms with Gasteiger partial charge in [-0.2, -0.15) is 0 Å². The molecule has 7 nitrogen and oxygen atoms in total. The van der Waals surface area contributed by atoms with Gasteiger partial charge < -0.3 is 15.5 Å². The van der Waals surface area contributed by atoms with E-state index in [4.69, 9.17) is 11.6 Å². The summed E-state index contributed by atoms with van der Waals surface area (Å²) in [6.45, 7) is 1.89. The van der Waals surface area contributed by atoms with Crippen LogP contribution in [-0.2, 0) is 0 Å². The van der Waals surface area contributed by atoms with Crippen LogP contribution in [0, 0.1) is 10.1 Å². The van der Waals surface area contributed by atoms with E-state index in [0.717, 1.165) is 31.6 Å². The third-order valence-electron chi connectivity index (χ3n) is 3.99. The number of hydrogen-bond acceptors (Lipinski definition) is 4. The molecule has 2 aromatic rings. The third kappa shape index (κ3) is 4.19. The molecule has 0 atom stereocenters. The molecule has 2 aromatic carbocycles. The predicted molar refractivity (Wildman–Crippen MR) is 98.6 cm³/mol. The number of rotatable bonds is 4. The second-order valence-corrected chi connectivity index (χ2v) is 6.18. The minimum absolute atomic E-state index is 0.0304. The Morgan fingerprint density at radius 2 is 1.76 bits per heavy atom. The number of amides is 2. The molecule has 1 fully saturated rings. The zero-order chi connectivity index (χ0) is 17.8. The van der Waals surface area contributed by atoms with Crippen LogP contribution in [0.15, 0.2) is 42.5 Å². The number of carbonyl (C=O) groups excluding carboxylic acids is 1. The lowest BCUT2D eigenvalue weighted by Gasteiger charge is -2.22. The summed E-state index contributed by atoms with van der Waals surface area (Å²) in [5.74, 6) is 0. The first-order valence-corrected chi connectivity index (χ1v) is 8.28. The summed E-state index contributed by atoms with van der Waals surface area (Å²) in [4.78, 5) is 24.6. The van der Waals surface area contributed by atoms with Crippen molar-refractivity contribution in [2.75, 3.05) is 28.6 Å². The van der Waals surface area contributed by atoms with E-state index in [2.05, 4.69) is 15.5 Å². The van der Waals surface area contributed by atoms with Crippen LogP contribution in [0.2, 0.25) is 5.02 Å². The fourth-order valence-corrected chi connectivity index (χ4v) is 2.97. The molecule has 0 spiro atoms. The Balaban J connectivity index is 1.72. The fraction of sp³-hybridized carbons (Fsp3) is 0.235. The molecule has 0 bridgehead atoms. The Bertz CT molecular complexity index is 789. The molecule has 0 saturated carbocycles. The van der Waals surface area contributed by atoms with Crippen LogP contribution in [0.4, 0.5) is 27.5 Å². The van der Waals surface area contributed by atoms with Crippen LogP contribution in [0.25, 0.3) is 0 Å². The maximum atomic E-state index is 12.3. The summed E-state index contributed by atoms with van der Waals surface area (Å²) in [7, 11) is 0. The molecule has 8 heteroatoms. The van der Waals surface area contributed by atoms with Gasteiger partial charge in [0.2, 0.25) is 0 Å². The minimum atomic E-state index is -0.488. The van der Waals surface area contributed by atoms with Crippen molar-refractivity contribution in [1.29, 1.82) is 0 Å². The normalized spacial score (nSPS) is 13.6. The molecule has 3 rings (SSSR count). The highest BCUT2D eigenvalue weighted by Gasteiger charge is 2.17. The maximum Gasteiger partial charge on any atom is 0.323 e. The third-order valence-corrected chi connectivity index (χ3v) is 4.22. The van der Waals surface area contributed by atoms with Gasteiger partial charge in [0, 0.05) is 35.9 Å². The van der Waals surface area contributed by atoms with Crippen molar-refractivity contribution in [2.45, 2.75) is 12.8 Å². The Hall–Kier alpha value is -2.80. The fourth-order valence-electron chi connectivity index (χ4n) is 2.79. The number of urea groups is 1. The molecule has 1 saturated heterocycles. The van der Waals surface area contributed by atoms with Crippen LogP contribution >= 0.6 is 11.6 Å². The van der Waals surface area contributed by atoms with E-state index < -0.39 is 11.0 Å². The standard InChI is InChI=1S/C17H17ClN4O3/c18-12-3-8-16(21-9-1-2-10-21)15(11-12)20-17(23)19-13-4-6-14(7-5-13)22(24)25/h3-8,11H,1-2,9-10H2,(H2,19,20,23). The molecule has 2 N–H and O–H groups in total. The highest BCUT2D eigenvalue weighted by Crippen LogP contribution is 2.31. The first-order valence-electron chi connectivity index (χ1n) is 7.90. The van der Waals surface area contributed by atoms with Gasteiger partial charge in [0.05, 0.1) is 16.3 Å². The number of nitrogens with zero attached hydrogens (tertiary/aromatic N) is 2. The SMILES string of the molecule is O=C(Nc1ccc([N+](=O)[O-])cc1)Nc1cc(Cl)ccc1N1CCCC1. The molecule has 130 valence electrons. The van der Waals surface area contributed by atoms with Gasteiger partial charge in [0.15, 0.2) is 0 Å². The average Bonchev–Trinajstić information content (AvgIpc) is 3.09. The molecule has 25 heavy (non-hydrogen) atoms. The first kappa shape index (κ1) is 17.0. The number of non-ortho nitro benzene ring substituents is 1. The highest BCUT2D eigenvalue weighted by atomic mass is 35.5. The van der Waals surface area contributed by atoms with Gasteiger partial charge in [-0.05, 0) is 43.2 Å². The van der Waals surface area contributed by atoms with Crippen molar-refractivity contribution >= 4 is 40.4 Å². The van der Waals surface area contributed by atoms with Crippen LogP contribution in [0.1, 0.15) is 12.8 Å². The van der Waals surface area contributed by atoms with Crippen LogP contribution in [0.5, 0.6) is 0 Å². The van der Waals surface area contributed by atoms with Gasteiger partial charge in [-0.1, -0.05) is 11.6 Å². The smallest absolute Gasteiger partial charge is 0.323 e. The lowest BCUT2D eigenvalue weighted by atomic mass is 10.2. The van der Waals surface area contributed by atoms with Gasteiger partial charge in [0.1, 0.15) is 0 Å². The van der Waals surface area contributed by atoms with Gasteiger partial charge in [-0.15, -0.1) is 0 Å². The van der Waals surface area contributed by atoms with E-state index in [-0.39, 0.29) is 5.69 Å². The molecule has 0 aliphatic carbocycles. The second kappa shape index (κ2) is 7.40. The number of nitrogens with one attached hydrogen (secondary N) is 2. The molecule has 2 amide bonds. The number of benzene rings is 2.